The Hall–Kier alpha value is -0.780. The van der Waals surface area contributed by atoms with Crippen molar-refractivity contribution >= 4 is 34.7 Å². The van der Waals surface area contributed by atoms with E-state index in [9.17, 15) is 5.11 Å². The molecule has 116 valence electrons. The van der Waals surface area contributed by atoms with Crippen molar-refractivity contribution in [1.82, 2.24) is 0 Å². The van der Waals surface area contributed by atoms with Gasteiger partial charge >= 0.3 is 0 Å². The highest BCUT2D eigenvalue weighted by molar-refractivity contribution is 7.99. The van der Waals surface area contributed by atoms with E-state index in [4.69, 9.17) is 18.0 Å². The first-order valence-corrected chi connectivity index (χ1v) is 8.92. The van der Waals surface area contributed by atoms with Crippen molar-refractivity contribution in [3.8, 4) is 0 Å². The molecule has 3 nitrogen and oxygen atoms in total. The van der Waals surface area contributed by atoms with Crippen LogP contribution in [0, 0.1) is 0 Å². The lowest BCUT2D eigenvalue weighted by Crippen LogP contribution is -2.44. The van der Waals surface area contributed by atoms with Crippen LogP contribution in [-0.2, 0) is 0 Å². The number of hydrogen-bond acceptors (Lipinski definition) is 4. The van der Waals surface area contributed by atoms with Crippen molar-refractivity contribution in [2.45, 2.75) is 49.6 Å². The summed E-state index contributed by atoms with van der Waals surface area (Å²) in [5.41, 5.74) is 7.95. The predicted molar refractivity (Wildman–Crippen MR) is 95.4 cm³/mol. The fourth-order valence-corrected chi connectivity index (χ4v) is 4.18. The van der Waals surface area contributed by atoms with Crippen LogP contribution >= 0.6 is 24.0 Å². The lowest BCUT2D eigenvalue weighted by molar-refractivity contribution is 0.106. The summed E-state index contributed by atoms with van der Waals surface area (Å²) < 4.78 is 0. The van der Waals surface area contributed by atoms with E-state index in [1.165, 1.54) is 0 Å². The van der Waals surface area contributed by atoms with E-state index < -0.39 is 0 Å². The van der Waals surface area contributed by atoms with Crippen molar-refractivity contribution in [3.05, 3.63) is 23.8 Å². The van der Waals surface area contributed by atoms with Crippen molar-refractivity contribution in [1.29, 1.82) is 0 Å². The van der Waals surface area contributed by atoms with Crippen molar-refractivity contribution in [2.24, 2.45) is 5.73 Å². The quantitative estimate of drug-likeness (QED) is 0.643. The zero-order chi connectivity index (χ0) is 15.4. The van der Waals surface area contributed by atoms with E-state index >= 15 is 0 Å². The van der Waals surface area contributed by atoms with E-state index in [-0.39, 0.29) is 12.1 Å². The van der Waals surface area contributed by atoms with Crippen molar-refractivity contribution in [2.75, 3.05) is 17.7 Å². The van der Waals surface area contributed by atoms with Gasteiger partial charge in [-0.1, -0.05) is 38.0 Å². The van der Waals surface area contributed by atoms with Crippen LogP contribution in [0.2, 0.25) is 0 Å². The van der Waals surface area contributed by atoms with Gasteiger partial charge in [0.2, 0.25) is 0 Å². The smallest absolute Gasteiger partial charge is 0.107 e. The number of aliphatic hydroxyl groups excluding tert-OH is 1. The number of nitrogens with zero attached hydrogens (tertiary/aromatic N) is 1. The van der Waals surface area contributed by atoms with E-state index in [1.807, 2.05) is 13.1 Å². The standard InChI is InChI=1S/C16H24N2OS2/c1-3-21-14-10-6-8-12(15(14)16(17)20)18(2)11-7-4-5-9-13(11)19/h6,8,10-11,13,19H,3-5,7,9H2,1-2H3,(H2,17,20). The monoisotopic (exact) mass is 324 g/mol. The van der Waals surface area contributed by atoms with E-state index in [1.54, 1.807) is 11.8 Å². The minimum Gasteiger partial charge on any atom is -0.391 e. The number of aliphatic hydroxyl groups is 1. The molecule has 1 saturated carbocycles. The van der Waals surface area contributed by atoms with Crippen molar-refractivity contribution < 1.29 is 5.11 Å². The lowest BCUT2D eigenvalue weighted by atomic mass is 9.91. The molecule has 0 radical (unpaired) electrons. The number of likely N-dealkylation sites (N-methyl/N-ethyl adjacent to an activating group) is 1. The number of anilines is 1. The topological polar surface area (TPSA) is 49.5 Å². The molecule has 2 atom stereocenters. The summed E-state index contributed by atoms with van der Waals surface area (Å²) in [6, 6.07) is 6.31. The molecule has 0 aromatic heterocycles. The summed E-state index contributed by atoms with van der Waals surface area (Å²) in [5, 5.41) is 10.3. The van der Waals surface area contributed by atoms with Crippen LogP contribution in [-0.4, -0.2) is 35.0 Å². The fourth-order valence-electron chi connectivity index (χ4n) is 3.06. The van der Waals surface area contributed by atoms with Gasteiger partial charge in [-0.25, -0.2) is 0 Å². The Kier molecular flexibility index (Phi) is 5.90. The Bertz CT molecular complexity index is 507. The highest BCUT2D eigenvalue weighted by Gasteiger charge is 2.28. The first-order valence-electron chi connectivity index (χ1n) is 7.52. The Morgan fingerprint density at radius 3 is 2.76 bits per heavy atom. The minimum atomic E-state index is -0.273. The summed E-state index contributed by atoms with van der Waals surface area (Å²) in [6.07, 6.45) is 3.89. The predicted octanol–water partition coefficient (Wildman–Crippen LogP) is 3.17. The van der Waals surface area contributed by atoms with Crippen LogP contribution in [0.4, 0.5) is 5.69 Å². The SMILES string of the molecule is CCSc1cccc(N(C)C2CCCCC2O)c1C(N)=S. The van der Waals surface area contributed by atoms with E-state index in [2.05, 4.69) is 24.0 Å². The molecule has 1 aromatic carbocycles. The molecule has 1 aliphatic carbocycles. The van der Waals surface area contributed by atoms with E-state index in [0.29, 0.717) is 4.99 Å². The summed E-state index contributed by atoms with van der Waals surface area (Å²) in [4.78, 5) is 3.72. The second kappa shape index (κ2) is 7.47. The molecular weight excluding hydrogens is 300 g/mol. The Balaban J connectivity index is 2.37. The maximum absolute atomic E-state index is 10.3. The molecule has 0 heterocycles. The molecule has 21 heavy (non-hydrogen) atoms. The maximum atomic E-state index is 10.3. The summed E-state index contributed by atoms with van der Waals surface area (Å²) in [7, 11) is 2.04. The number of benzene rings is 1. The van der Waals surface area contributed by atoms with Crippen LogP contribution in [0.3, 0.4) is 0 Å². The van der Waals surface area contributed by atoms with Gasteiger partial charge in [-0.05, 0) is 30.7 Å². The zero-order valence-electron chi connectivity index (χ0n) is 12.7. The first kappa shape index (κ1) is 16.6. The molecule has 1 aromatic rings. The number of rotatable bonds is 5. The summed E-state index contributed by atoms with van der Waals surface area (Å²) >= 11 is 7.03. The first-order chi connectivity index (χ1) is 10.1. The molecule has 2 unspecified atom stereocenters. The molecule has 3 N–H and O–H groups in total. The third-order valence-electron chi connectivity index (χ3n) is 4.12. The molecular formula is C16H24N2OS2. The van der Waals surface area contributed by atoms with Crippen LogP contribution in [0.15, 0.2) is 23.1 Å². The van der Waals surface area contributed by atoms with Gasteiger partial charge in [-0.3, -0.25) is 0 Å². The largest absolute Gasteiger partial charge is 0.391 e. The number of nitrogens with two attached hydrogens (primary N) is 1. The molecule has 0 bridgehead atoms. The maximum Gasteiger partial charge on any atom is 0.107 e. The second-order valence-corrected chi connectivity index (χ2v) is 7.22. The fraction of sp³-hybridized carbons (Fsp3) is 0.562. The van der Waals surface area contributed by atoms with Gasteiger partial charge in [0.15, 0.2) is 0 Å². The number of thiocarbonyl (C=S) groups is 1. The minimum absolute atomic E-state index is 0.147. The molecule has 0 aliphatic heterocycles. The van der Waals surface area contributed by atoms with Gasteiger partial charge in [-0.15, -0.1) is 11.8 Å². The third-order valence-corrected chi connectivity index (χ3v) is 5.27. The Morgan fingerprint density at radius 1 is 1.43 bits per heavy atom. The zero-order valence-corrected chi connectivity index (χ0v) is 14.3. The average molecular weight is 325 g/mol. The molecule has 2 rings (SSSR count). The molecule has 5 heteroatoms. The molecule has 0 amide bonds. The van der Waals surface area contributed by atoms with Gasteiger partial charge in [-0.2, -0.15) is 0 Å². The number of thioether (sulfide) groups is 1. The normalized spacial score (nSPS) is 22.0. The summed E-state index contributed by atoms with van der Waals surface area (Å²) in [5.74, 6) is 0.981. The Labute approximate surface area is 136 Å². The van der Waals surface area contributed by atoms with Crippen LogP contribution in [0.25, 0.3) is 0 Å². The van der Waals surface area contributed by atoms with Gasteiger partial charge in [0.05, 0.1) is 12.1 Å². The van der Waals surface area contributed by atoms with Crippen molar-refractivity contribution in [3.63, 3.8) is 0 Å². The molecule has 0 saturated heterocycles. The van der Waals surface area contributed by atoms with Crippen LogP contribution < -0.4 is 10.6 Å². The lowest BCUT2D eigenvalue weighted by Gasteiger charge is -2.37. The Morgan fingerprint density at radius 2 is 2.14 bits per heavy atom. The van der Waals surface area contributed by atoms with Gasteiger partial charge in [0.1, 0.15) is 4.99 Å². The molecule has 1 fully saturated rings. The molecule has 1 aliphatic rings. The van der Waals surface area contributed by atoms with Gasteiger partial charge in [0.25, 0.3) is 0 Å². The highest BCUT2D eigenvalue weighted by atomic mass is 32.2. The number of hydrogen-bond donors (Lipinski definition) is 2. The van der Waals surface area contributed by atoms with E-state index in [0.717, 1.165) is 47.6 Å². The highest BCUT2D eigenvalue weighted by Crippen LogP contribution is 2.34. The molecule has 0 spiro atoms. The second-order valence-electron chi connectivity index (χ2n) is 5.48. The third kappa shape index (κ3) is 3.71. The van der Waals surface area contributed by atoms with Crippen LogP contribution in [0.5, 0.6) is 0 Å². The summed E-state index contributed by atoms with van der Waals surface area (Å²) in [6.45, 7) is 2.12. The van der Waals surface area contributed by atoms with Gasteiger partial charge in [0, 0.05) is 23.2 Å². The van der Waals surface area contributed by atoms with Gasteiger partial charge < -0.3 is 15.7 Å². The van der Waals surface area contributed by atoms with Crippen LogP contribution in [0.1, 0.15) is 38.2 Å². The average Bonchev–Trinajstić information content (AvgIpc) is 2.47.